The van der Waals surface area contributed by atoms with Crippen molar-refractivity contribution in [3.05, 3.63) is 0 Å². The quantitative estimate of drug-likeness (QED) is 0.828. The first-order valence-corrected chi connectivity index (χ1v) is 8.17. The van der Waals surface area contributed by atoms with Crippen molar-refractivity contribution >= 4 is 0 Å². The molecule has 3 rings (SSSR count). The number of rotatable bonds is 3. The van der Waals surface area contributed by atoms with Gasteiger partial charge in [-0.2, -0.15) is 0 Å². The Morgan fingerprint density at radius 3 is 2.39 bits per heavy atom. The molecule has 104 valence electrons. The van der Waals surface area contributed by atoms with Gasteiger partial charge < -0.3 is 10.2 Å². The molecule has 2 heteroatoms. The molecule has 0 spiro atoms. The molecule has 0 aromatic carbocycles. The minimum atomic E-state index is 0.835. The van der Waals surface area contributed by atoms with Gasteiger partial charge in [-0.05, 0) is 57.4 Å². The van der Waals surface area contributed by atoms with Crippen molar-refractivity contribution in [2.75, 3.05) is 13.6 Å². The fourth-order valence-electron chi connectivity index (χ4n) is 4.67. The maximum atomic E-state index is 3.76. The Kier molecular flexibility index (Phi) is 3.95. The first kappa shape index (κ1) is 12.9. The number of nitrogens with zero attached hydrogens (tertiary/aromatic N) is 1. The smallest absolute Gasteiger partial charge is 0.0122 e. The van der Waals surface area contributed by atoms with Crippen molar-refractivity contribution in [1.82, 2.24) is 10.2 Å². The van der Waals surface area contributed by atoms with Crippen LogP contribution >= 0.6 is 0 Å². The Balaban J connectivity index is 1.50. The zero-order chi connectivity index (χ0) is 12.5. The lowest BCUT2D eigenvalue weighted by atomic mass is 9.82. The summed E-state index contributed by atoms with van der Waals surface area (Å²) in [4.78, 5) is 2.70. The van der Waals surface area contributed by atoms with Gasteiger partial charge in [0, 0.05) is 24.7 Å². The summed E-state index contributed by atoms with van der Waals surface area (Å²) in [5, 5.41) is 3.76. The van der Waals surface area contributed by atoms with Crippen LogP contribution in [0.1, 0.15) is 58.3 Å². The topological polar surface area (TPSA) is 15.3 Å². The Morgan fingerprint density at radius 2 is 1.72 bits per heavy atom. The highest BCUT2D eigenvalue weighted by atomic mass is 15.2. The highest BCUT2D eigenvalue weighted by Gasteiger charge is 2.35. The molecule has 2 nitrogen and oxygen atoms in total. The van der Waals surface area contributed by atoms with Gasteiger partial charge in [-0.3, -0.25) is 0 Å². The van der Waals surface area contributed by atoms with E-state index < -0.39 is 0 Å². The van der Waals surface area contributed by atoms with E-state index in [-0.39, 0.29) is 0 Å². The SMILES string of the molecule is CC1CCCC(CN(C)C2CC3CCC(C2)N3)C1. The van der Waals surface area contributed by atoms with Crippen molar-refractivity contribution in [2.45, 2.75) is 76.4 Å². The second-order valence-corrected chi connectivity index (χ2v) is 7.34. The van der Waals surface area contributed by atoms with Crippen molar-refractivity contribution in [2.24, 2.45) is 11.8 Å². The third-order valence-corrected chi connectivity index (χ3v) is 5.66. The van der Waals surface area contributed by atoms with Gasteiger partial charge in [-0.25, -0.2) is 0 Å². The zero-order valence-corrected chi connectivity index (χ0v) is 12.2. The Morgan fingerprint density at radius 1 is 1.00 bits per heavy atom. The van der Waals surface area contributed by atoms with Gasteiger partial charge in [0.2, 0.25) is 0 Å². The van der Waals surface area contributed by atoms with Crippen molar-refractivity contribution in [3.63, 3.8) is 0 Å². The molecule has 4 unspecified atom stereocenters. The minimum absolute atomic E-state index is 0.835. The van der Waals surface area contributed by atoms with E-state index in [0.717, 1.165) is 30.0 Å². The zero-order valence-electron chi connectivity index (χ0n) is 12.2. The molecule has 18 heavy (non-hydrogen) atoms. The molecule has 1 N–H and O–H groups in total. The third-order valence-electron chi connectivity index (χ3n) is 5.66. The average molecular weight is 250 g/mol. The fourth-order valence-corrected chi connectivity index (χ4v) is 4.67. The standard InChI is InChI=1S/C16H30N2/c1-12-4-3-5-13(8-12)11-18(2)16-9-14-6-7-15(10-16)17-14/h12-17H,3-11H2,1-2H3. The van der Waals surface area contributed by atoms with Gasteiger partial charge in [0.05, 0.1) is 0 Å². The van der Waals surface area contributed by atoms with Gasteiger partial charge in [-0.1, -0.05) is 19.8 Å². The van der Waals surface area contributed by atoms with Crippen molar-refractivity contribution in [3.8, 4) is 0 Å². The summed E-state index contributed by atoms with van der Waals surface area (Å²) < 4.78 is 0. The van der Waals surface area contributed by atoms with Crippen LogP contribution in [0.15, 0.2) is 0 Å². The molecule has 2 bridgehead atoms. The Labute approximate surface area is 113 Å². The monoisotopic (exact) mass is 250 g/mol. The summed E-state index contributed by atoms with van der Waals surface area (Å²) >= 11 is 0. The number of fused-ring (bicyclic) bond motifs is 2. The van der Waals surface area contributed by atoms with Crippen LogP contribution in [0.3, 0.4) is 0 Å². The van der Waals surface area contributed by atoms with Gasteiger partial charge >= 0.3 is 0 Å². The summed E-state index contributed by atoms with van der Waals surface area (Å²) in [6, 6.07) is 2.53. The van der Waals surface area contributed by atoms with Crippen LogP contribution in [-0.2, 0) is 0 Å². The summed E-state index contributed by atoms with van der Waals surface area (Å²) in [6.07, 6.45) is 11.5. The molecule has 0 aromatic rings. The van der Waals surface area contributed by atoms with Gasteiger partial charge in [-0.15, -0.1) is 0 Å². The van der Waals surface area contributed by atoms with E-state index >= 15 is 0 Å². The minimum Gasteiger partial charge on any atom is -0.311 e. The second kappa shape index (κ2) is 5.50. The molecular weight excluding hydrogens is 220 g/mol. The van der Waals surface area contributed by atoms with Gasteiger partial charge in [0.1, 0.15) is 0 Å². The van der Waals surface area contributed by atoms with Crippen LogP contribution < -0.4 is 5.32 Å². The molecule has 2 heterocycles. The van der Waals surface area contributed by atoms with E-state index in [0.29, 0.717) is 0 Å². The fraction of sp³-hybridized carbons (Fsp3) is 1.00. The first-order valence-electron chi connectivity index (χ1n) is 8.17. The molecule has 4 atom stereocenters. The lowest BCUT2D eigenvalue weighted by molar-refractivity contribution is 0.129. The molecular formula is C16H30N2. The van der Waals surface area contributed by atoms with E-state index in [9.17, 15) is 0 Å². The maximum absolute atomic E-state index is 3.76. The number of hydrogen-bond acceptors (Lipinski definition) is 2. The maximum Gasteiger partial charge on any atom is 0.0122 e. The van der Waals surface area contributed by atoms with E-state index in [1.165, 1.54) is 57.9 Å². The molecule has 1 aliphatic carbocycles. The van der Waals surface area contributed by atoms with Crippen molar-refractivity contribution in [1.29, 1.82) is 0 Å². The molecule has 1 saturated carbocycles. The van der Waals surface area contributed by atoms with E-state index in [4.69, 9.17) is 0 Å². The molecule has 3 aliphatic rings. The predicted molar refractivity (Wildman–Crippen MR) is 76.7 cm³/mol. The van der Waals surface area contributed by atoms with Crippen LogP contribution in [0.4, 0.5) is 0 Å². The summed E-state index contributed by atoms with van der Waals surface area (Å²) in [7, 11) is 2.38. The first-order chi connectivity index (χ1) is 8.70. The second-order valence-electron chi connectivity index (χ2n) is 7.34. The van der Waals surface area contributed by atoms with Crippen LogP contribution in [-0.4, -0.2) is 36.6 Å². The average Bonchev–Trinajstić information content (AvgIpc) is 2.68. The largest absolute Gasteiger partial charge is 0.311 e. The Bertz CT molecular complexity index is 266. The van der Waals surface area contributed by atoms with E-state index in [2.05, 4.69) is 24.2 Å². The van der Waals surface area contributed by atoms with Crippen LogP contribution in [0.25, 0.3) is 0 Å². The third kappa shape index (κ3) is 2.91. The number of hydrogen-bond donors (Lipinski definition) is 1. The number of piperidine rings is 1. The molecule has 0 amide bonds. The normalized spacial score (nSPS) is 44.5. The highest BCUT2D eigenvalue weighted by Crippen LogP contribution is 2.32. The van der Waals surface area contributed by atoms with E-state index in [1.807, 2.05) is 0 Å². The summed E-state index contributed by atoms with van der Waals surface area (Å²) in [6.45, 7) is 3.80. The van der Waals surface area contributed by atoms with Gasteiger partial charge in [0.15, 0.2) is 0 Å². The molecule has 2 saturated heterocycles. The predicted octanol–water partition coefficient (Wildman–Crippen LogP) is 3.03. The van der Waals surface area contributed by atoms with Crippen LogP contribution in [0.2, 0.25) is 0 Å². The van der Waals surface area contributed by atoms with Crippen LogP contribution in [0.5, 0.6) is 0 Å². The number of nitrogens with one attached hydrogen (secondary N) is 1. The summed E-state index contributed by atoms with van der Waals surface area (Å²) in [5.74, 6) is 1.95. The molecule has 0 radical (unpaired) electrons. The summed E-state index contributed by atoms with van der Waals surface area (Å²) in [5.41, 5.74) is 0. The molecule has 0 aromatic heterocycles. The van der Waals surface area contributed by atoms with E-state index in [1.54, 1.807) is 0 Å². The van der Waals surface area contributed by atoms with Crippen molar-refractivity contribution < 1.29 is 0 Å². The highest BCUT2D eigenvalue weighted by molar-refractivity contribution is 4.95. The Hall–Kier alpha value is -0.0800. The van der Waals surface area contributed by atoms with Crippen LogP contribution in [0, 0.1) is 11.8 Å². The van der Waals surface area contributed by atoms with Gasteiger partial charge in [0.25, 0.3) is 0 Å². The lowest BCUT2D eigenvalue weighted by Crippen LogP contribution is -2.48. The molecule has 3 fully saturated rings. The lowest BCUT2D eigenvalue weighted by Gasteiger charge is -2.38. The molecule has 2 aliphatic heterocycles.